The summed E-state index contributed by atoms with van der Waals surface area (Å²) in [6.07, 6.45) is 2.06. The monoisotopic (exact) mass is 533 g/mol. The third-order valence-corrected chi connectivity index (χ3v) is 14.4. The molecule has 8 heteroatoms. The first-order valence-electron chi connectivity index (χ1n) is 13.6. The van der Waals surface area contributed by atoms with Crippen LogP contribution in [0.5, 0.6) is 11.5 Å². The number of para-hydroxylation sites is 1. The predicted octanol–water partition coefficient (Wildman–Crippen LogP) is 6.16. The average Bonchev–Trinajstić information content (AvgIpc) is 3.11. The van der Waals surface area contributed by atoms with Crippen LogP contribution in [0.2, 0.25) is 16.6 Å². The third kappa shape index (κ3) is 3.83. The van der Waals surface area contributed by atoms with Gasteiger partial charge in [0.15, 0.2) is 0 Å². The Labute approximate surface area is 225 Å². The lowest BCUT2D eigenvalue weighted by Gasteiger charge is -2.44. The molecule has 1 aromatic heterocycles. The van der Waals surface area contributed by atoms with Crippen molar-refractivity contribution in [1.29, 1.82) is 0 Å². The van der Waals surface area contributed by atoms with Gasteiger partial charge < -0.3 is 9.16 Å². The maximum absolute atomic E-state index is 13.7. The van der Waals surface area contributed by atoms with Crippen molar-refractivity contribution in [3.8, 4) is 17.2 Å². The average molecular weight is 534 g/mol. The molecule has 0 fully saturated rings. The van der Waals surface area contributed by atoms with Crippen LogP contribution < -0.4 is 20.5 Å². The van der Waals surface area contributed by atoms with Crippen molar-refractivity contribution in [2.24, 2.45) is 0 Å². The maximum atomic E-state index is 13.7. The van der Waals surface area contributed by atoms with Gasteiger partial charge in [0.1, 0.15) is 23.1 Å². The number of benzene rings is 2. The van der Waals surface area contributed by atoms with Crippen LogP contribution in [0.15, 0.2) is 64.2 Å². The Bertz CT molecular complexity index is 1490. The third-order valence-electron chi connectivity index (χ3n) is 8.39. The number of nitrogens with zero attached hydrogens (tertiary/aromatic N) is 3. The molecular formula is C30H39N3O4Si. The lowest BCUT2D eigenvalue weighted by atomic mass is 9.83. The second-order valence-electron chi connectivity index (χ2n) is 12.0. The molecule has 1 atom stereocenters. The van der Waals surface area contributed by atoms with Crippen LogP contribution in [0.3, 0.4) is 0 Å². The summed E-state index contributed by atoms with van der Waals surface area (Å²) in [4.78, 5) is 27.0. The van der Waals surface area contributed by atoms with Crippen LogP contribution >= 0.6 is 0 Å². The molecule has 0 saturated carbocycles. The molecule has 3 aromatic rings. The highest BCUT2D eigenvalue weighted by molar-refractivity contribution is 6.78. The molecule has 0 spiro atoms. The number of rotatable bonds is 6. The second-order valence-corrected chi connectivity index (χ2v) is 17.4. The minimum atomic E-state index is -2.13. The maximum Gasteiger partial charge on any atom is 0.352 e. The van der Waals surface area contributed by atoms with E-state index in [2.05, 4.69) is 47.6 Å². The zero-order valence-corrected chi connectivity index (χ0v) is 24.7. The summed E-state index contributed by atoms with van der Waals surface area (Å²) in [7, 11) is -2.13. The molecule has 38 heavy (non-hydrogen) atoms. The zero-order chi connectivity index (χ0) is 27.6. The molecule has 2 aromatic carbocycles. The Morgan fingerprint density at radius 2 is 1.55 bits per heavy atom. The predicted molar refractivity (Wildman–Crippen MR) is 154 cm³/mol. The first kappa shape index (κ1) is 26.3. The van der Waals surface area contributed by atoms with Crippen LogP contribution in [0.4, 0.5) is 0 Å². The van der Waals surface area contributed by atoms with Gasteiger partial charge in [-0.2, -0.15) is 0 Å². The van der Waals surface area contributed by atoms with E-state index in [4.69, 9.17) is 9.16 Å². The number of hydrogen-bond donors (Lipinski definition) is 0. The molecule has 0 N–H and O–H groups in total. The van der Waals surface area contributed by atoms with E-state index in [0.29, 0.717) is 28.9 Å². The number of allylic oxidation sites excluding steroid dienone is 1. The number of hydrogen-bond acceptors (Lipinski definition) is 4. The summed E-state index contributed by atoms with van der Waals surface area (Å²) in [6.45, 7) is 17.9. The van der Waals surface area contributed by atoms with E-state index in [0.717, 1.165) is 22.6 Å². The minimum Gasteiger partial charge on any atom is -0.543 e. The Balaban J connectivity index is 1.59. The van der Waals surface area contributed by atoms with Crippen LogP contribution in [-0.2, 0) is 6.54 Å². The summed E-state index contributed by atoms with van der Waals surface area (Å²) in [6, 6.07) is 14.7. The van der Waals surface area contributed by atoms with Gasteiger partial charge in [0, 0.05) is 11.6 Å². The van der Waals surface area contributed by atoms with Gasteiger partial charge in [0.2, 0.25) is 0 Å². The van der Waals surface area contributed by atoms with Crippen LogP contribution in [0.1, 0.15) is 67.0 Å². The molecule has 2 aliphatic rings. The van der Waals surface area contributed by atoms with E-state index >= 15 is 0 Å². The van der Waals surface area contributed by atoms with Gasteiger partial charge in [-0.05, 0) is 60.3 Å². The topological polar surface area (TPSA) is 67.4 Å². The fraction of sp³-hybridized carbons (Fsp3) is 0.467. The van der Waals surface area contributed by atoms with Gasteiger partial charge in [-0.3, -0.25) is 0 Å². The molecule has 1 unspecified atom stereocenters. The number of fused-ring (bicyclic) bond motifs is 5. The molecule has 7 nitrogen and oxygen atoms in total. The van der Waals surface area contributed by atoms with Crippen molar-refractivity contribution in [3.63, 3.8) is 0 Å². The second kappa shape index (κ2) is 9.19. The smallest absolute Gasteiger partial charge is 0.352 e. The highest BCUT2D eigenvalue weighted by Crippen LogP contribution is 2.50. The van der Waals surface area contributed by atoms with Crippen molar-refractivity contribution in [2.75, 3.05) is 0 Å². The van der Waals surface area contributed by atoms with Gasteiger partial charge >= 0.3 is 11.4 Å². The highest BCUT2D eigenvalue weighted by atomic mass is 28.4. The van der Waals surface area contributed by atoms with Crippen LogP contribution in [0, 0.1) is 0 Å². The molecule has 0 aliphatic carbocycles. The first-order chi connectivity index (χ1) is 17.9. The first-order valence-corrected chi connectivity index (χ1v) is 15.8. The molecule has 0 bridgehead atoms. The SMILES string of the molecule is CC(C)[Si](Oc1ccc2c(c1)OC(C)(C)C1C2=CCn2c(=O)n(-c3ccccc3)c(=O)n21)(C(C)C)C(C)C. The lowest BCUT2D eigenvalue weighted by molar-refractivity contribution is 0.0498. The molecule has 3 heterocycles. The van der Waals surface area contributed by atoms with Crippen molar-refractivity contribution in [1.82, 2.24) is 13.9 Å². The van der Waals surface area contributed by atoms with Gasteiger partial charge in [-0.25, -0.2) is 23.5 Å². The summed E-state index contributed by atoms with van der Waals surface area (Å²) in [5.41, 5.74) is 2.37. The van der Waals surface area contributed by atoms with Crippen LogP contribution in [-0.4, -0.2) is 27.8 Å². The summed E-state index contributed by atoms with van der Waals surface area (Å²) >= 11 is 0. The largest absolute Gasteiger partial charge is 0.543 e. The van der Waals surface area contributed by atoms with Crippen molar-refractivity contribution in [2.45, 2.75) is 90.2 Å². The van der Waals surface area contributed by atoms with E-state index in [1.165, 1.54) is 9.25 Å². The summed E-state index contributed by atoms with van der Waals surface area (Å²) < 4.78 is 17.9. The molecule has 5 rings (SSSR count). The summed E-state index contributed by atoms with van der Waals surface area (Å²) in [5.74, 6) is 1.59. The Kier molecular flexibility index (Phi) is 6.37. The molecular weight excluding hydrogens is 494 g/mol. The van der Waals surface area contributed by atoms with Gasteiger partial charge in [-0.15, -0.1) is 0 Å². The minimum absolute atomic E-state index is 0.317. The van der Waals surface area contributed by atoms with Crippen molar-refractivity contribution in [3.05, 3.63) is 81.1 Å². The lowest BCUT2D eigenvalue weighted by Crippen LogP contribution is -2.51. The molecule has 0 amide bonds. The van der Waals surface area contributed by atoms with Gasteiger partial charge in [0.25, 0.3) is 8.32 Å². The molecule has 0 radical (unpaired) electrons. The Morgan fingerprint density at radius 3 is 2.16 bits per heavy atom. The highest BCUT2D eigenvalue weighted by Gasteiger charge is 2.48. The van der Waals surface area contributed by atoms with Gasteiger partial charge in [0.05, 0.1) is 12.2 Å². The normalized spacial score (nSPS) is 18.1. The Hall–Kier alpha value is -3.26. The van der Waals surface area contributed by atoms with Crippen LogP contribution in [0.25, 0.3) is 11.3 Å². The zero-order valence-electron chi connectivity index (χ0n) is 23.7. The fourth-order valence-electron chi connectivity index (χ4n) is 6.85. The van der Waals surface area contributed by atoms with Crippen molar-refractivity contribution >= 4 is 13.9 Å². The van der Waals surface area contributed by atoms with Gasteiger partial charge in [-0.1, -0.05) is 65.8 Å². The molecule has 202 valence electrons. The van der Waals surface area contributed by atoms with E-state index in [9.17, 15) is 9.59 Å². The number of ether oxygens (including phenoxy) is 1. The standard InChI is InChI=1S/C30H39N3O4Si/c1-19(2)38(20(3)4,21(5)6)37-23-14-15-24-25-16-17-31-28(34)32(22-12-10-9-11-13-22)29(35)33(31)27(25)30(7,8)36-26(24)18-23/h9-16,18-21,27H,17H2,1-8H3. The fourth-order valence-corrected chi connectivity index (χ4v) is 12.1. The summed E-state index contributed by atoms with van der Waals surface area (Å²) in [5, 5.41) is 0. The van der Waals surface area contributed by atoms with E-state index < -0.39 is 20.0 Å². The van der Waals surface area contributed by atoms with E-state index in [1.54, 1.807) is 16.8 Å². The quantitative estimate of drug-likeness (QED) is 0.356. The van der Waals surface area contributed by atoms with E-state index in [-0.39, 0.29) is 11.4 Å². The Morgan fingerprint density at radius 1 is 0.921 bits per heavy atom. The van der Waals surface area contributed by atoms with E-state index in [1.807, 2.05) is 50.2 Å². The number of aromatic nitrogens is 3. The van der Waals surface area contributed by atoms with Crippen molar-refractivity contribution < 1.29 is 9.16 Å². The molecule has 0 saturated heterocycles. The molecule has 2 aliphatic heterocycles.